The van der Waals surface area contributed by atoms with Crippen molar-refractivity contribution in [1.29, 1.82) is 0 Å². The molecule has 3 rings (SSSR count). The Morgan fingerprint density at radius 2 is 2.12 bits per heavy atom. The molecular weight excluding hydrogens is 302 g/mol. The van der Waals surface area contributed by atoms with Crippen LogP contribution in [0.3, 0.4) is 0 Å². The first kappa shape index (κ1) is 16.7. The Morgan fingerprint density at radius 1 is 1.38 bits per heavy atom. The van der Waals surface area contributed by atoms with Gasteiger partial charge in [-0.05, 0) is 59.9 Å². The topological polar surface area (TPSA) is 64.7 Å². The van der Waals surface area contributed by atoms with Crippen molar-refractivity contribution in [2.45, 2.75) is 72.0 Å². The van der Waals surface area contributed by atoms with E-state index in [1.54, 1.807) is 4.68 Å². The molecule has 1 amide bonds. The van der Waals surface area contributed by atoms with Crippen LogP contribution in [0, 0.1) is 13.8 Å². The standard InChI is InChI=1S/C18H27N5O/c1-12-9-13(2)22(21-12)11-17(24)20-15-7-6-8-16-14(15)10-19-23(16)18(3,4)5/h9-10,15H,6-8,11H2,1-5H3,(H,20,24). The van der Waals surface area contributed by atoms with E-state index in [0.29, 0.717) is 0 Å². The molecule has 0 spiro atoms. The summed E-state index contributed by atoms with van der Waals surface area (Å²) < 4.78 is 3.86. The molecule has 1 atom stereocenters. The predicted molar refractivity (Wildman–Crippen MR) is 92.7 cm³/mol. The molecule has 6 nitrogen and oxygen atoms in total. The van der Waals surface area contributed by atoms with Crippen LogP contribution in [0.5, 0.6) is 0 Å². The summed E-state index contributed by atoms with van der Waals surface area (Å²) >= 11 is 0. The summed E-state index contributed by atoms with van der Waals surface area (Å²) in [6.07, 6.45) is 4.98. The van der Waals surface area contributed by atoms with Crippen molar-refractivity contribution in [3.8, 4) is 0 Å². The van der Waals surface area contributed by atoms with Crippen molar-refractivity contribution in [2.24, 2.45) is 0 Å². The van der Waals surface area contributed by atoms with Crippen molar-refractivity contribution in [3.63, 3.8) is 0 Å². The zero-order valence-corrected chi connectivity index (χ0v) is 15.3. The highest BCUT2D eigenvalue weighted by Gasteiger charge is 2.29. The van der Waals surface area contributed by atoms with E-state index in [9.17, 15) is 4.79 Å². The smallest absolute Gasteiger partial charge is 0.242 e. The molecule has 2 heterocycles. The number of amides is 1. The van der Waals surface area contributed by atoms with Gasteiger partial charge in [0.25, 0.3) is 0 Å². The molecule has 2 aromatic heterocycles. The summed E-state index contributed by atoms with van der Waals surface area (Å²) in [6, 6.07) is 2.04. The number of rotatable bonds is 3. The number of carbonyl (C=O) groups is 1. The van der Waals surface area contributed by atoms with Gasteiger partial charge in [-0.1, -0.05) is 0 Å². The van der Waals surface area contributed by atoms with Crippen LogP contribution in [0.1, 0.15) is 62.3 Å². The molecule has 1 aliphatic rings. The third-order valence-electron chi connectivity index (χ3n) is 4.55. The largest absolute Gasteiger partial charge is 0.348 e. The van der Waals surface area contributed by atoms with Gasteiger partial charge < -0.3 is 5.32 Å². The lowest BCUT2D eigenvalue weighted by Gasteiger charge is -2.28. The van der Waals surface area contributed by atoms with Gasteiger partial charge in [-0.2, -0.15) is 10.2 Å². The van der Waals surface area contributed by atoms with Crippen LogP contribution in [-0.4, -0.2) is 25.5 Å². The van der Waals surface area contributed by atoms with E-state index >= 15 is 0 Å². The predicted octanol–water partition coefficient (Wildman–Crippen LogP) is 2.65. The Morgan fingerprint density at radius 3 is 2.75 bits per heavy atom. The van der Waals surface area contributed by atoms with Gasteiger partial charge in [0.1, 0.15) is 6.54 Å². The maximum Gasteiger partial charge on any atom is 0.242 e. The Balaban J connectivity index is 1.74. The van der Waals surface area contributed by atoms with Crippen molar-refractivity contribution >= 4 is 5.91 Å². The normalized spacial score (nSPS) is 17.6. The van der Waals surface area contributed by atoms with E-state index in [1.807, 2.05) is 26.1 Å². The summed E-state index contributed by atoms with van der Waals surface area (Å²) in [4.78, 5) is 12.5. The monoisotopic (exact) mass is 329 g/mol. The number of nitrogens with one attached hydrogen (secondary N) is 1. The zero-order valence-electron chi connectivity index (χ0n) is 15.3. The summed E-state index contributed by atoms with van der Waals surface area (Å²) in [7, 11) is 0. The Kier molecular flexibility index (Phi) is 4.24. The number of nitrogens with zero attached hydrogens (tertiary/aromatic N) is 4. The molecule has 0 aliphatic heterocycles. The van der Waals surface area contributed by atoms with Gasteiger partial charge in [0.05, 0.1) is 23.5 Å². The van der Waals surface area contributed by atoms with E-state index in [0.717, 1.165) is 36.2 Å². The highest BCUT2D eigenvalue weighted by molar-refractivity contribution is 5.76. The molecule has 1 unspecified atom stereocenters. The summed E-state index contributed by atoms with van der Waals surface area (Å²) in [6.45, 7) is 10.6. The van der Waals surface area contributed by atoms with Crippen molar-refractivity contribution in [3.05, 3.63) is 34.9 Å². The fourth-order valence-corrected chi connectivity index (χ4v) is 3.50. The summed E-state index contributed by atoms with van der Waals surface area (Å²) in [5, 5.41) is 12.1. The fourth-order valence-electron chi connectivity index (χ4n) is 3.50. The Hall–Kier alpha value is -2.11. The van der Waals surface area contributed by atoms with E-state index < -0.39 is 0 Å². The van der Waals surface area contributed by atoms with Crippen LogP contribution in [0.4, 0.5) is 0 Å². The molecule has 1 aliphatic carbocycles. The first-order valence-electron chi connectivity index (χ1n) is 8.63. The second-order valence-electron chi connectivity index (χ2n) is 7.73. The molecule has 6 heteroatoms. The second kappa shape index (κ2) is 6.07. The molecule has 1 N–H and O–H groups in total. The lowest BCUT2D eigenvalue weighted by atomic mass is 9.92. The maximum atomic E-state index is 12.5. The Labute approximate surface area is 143 Å². The SMILES string of the molecule is Cc1cc(C)n(CC(=O)NC2CCCc3c2cnn3C(C)(C)C)n1. The molecule has 24 heavy (non-hydrogen) atoms. The van der Waals surface area contributed by atoms with Gasteiger partial charge in [-0.3, -0.25) is 14.2 Å². The highest BCUT2D eigenvalue weighted by Crippen LogP contribution is 2.32. The number of hydrogen-bond donors (Lipinski definition) is 1. The quantitative estimate of drug-likeness (QED) is 0.941. The molecule has 130 valence electrons. The van der Waals surface area contributed by atoms with Gasteiger partial charge in [0.2, 0.25) is 5.91 Å². The van der Waals surface area contributed by atoms with Crippen molar-refractivity contribution < 1.29 is 4.79 Å². The summed E-state index contributed by atoms with van der Waals surface area (Å²) in [5.74, 6) is 0.00237. The minimum Gasteiger partial charge on any atom is -0.348 e. The van der Waals surface area contributed by atoms with E-state index in [4.69, 9.17) is 0 Å². The second-order valence-corrected chi connectivity index (χ2v) is 7.73. The Bertz CT molecular complexity index is 750. The fraction of sp³-hybridized carbons (Fsp3) is 0.611. The molecule has 0 fully saturated rings. The van der Waals surface area contributed by atoms with E-state index in [1.165, 1.54) is 5.69 Å². The van der Waals surface area contributed by atoms with Gasteiger partial charge in [-0.15, -0.1) is 0 Å². The lowest BCUT2D eigenvalue weighted by molar-refractivity contribution is -0.122. The number of hydrogen-bond acceptors (Lipinski definition) is 3. The number of carbonyl (C=O) groups excluding carboxylic acids is 1. The van der Waals surface area contributed by atoms with Gasteiger partial charge in [0, 0.05) is 17.0 Å². The molecule has 0 bridgehead atoms. The van der Waals surface area contributed by atoms with Crippen LogP contribution < -0.4 is 5.32 Å². The first-order valence-corrected chi connectivity index (χ1v) is 8.63. The van der Waals surface area contributed by atoms with Gasteiger partial charge >= 0.3 is 0 Å². The zero-order chi connectivity index (χ0) is 17.5. The minimum absolute atomic E-state index is 0.00237. The van der Waals surface area contributed by atoms with Crippen LogP contribution in [0.15, 0.2) is 12.3 Å². The molecular formula is C18H27N5O. The van der Waals surface area contributed by atoms with E-state index in [-0.39, 0.29) is 24.0 Å². The summed E-state index contributed by atoms with van der Waals surface area (Å²) in [5.41, 5.74) is 4.32. The van der Waals surface area contributed by atoms with Gasteiger partial charge in [-0.25, -0.2) is 0 Å². The molecule has 0 radical (unpaired) electrons. The molecule has 0 saturated carbocycles. The highest BCUT2D eigenvalue weighted by atomic mass is 16.2. The lowest BCUT2D eigenvalue weighted by Crippen LogP contribution is -2.34. The van der Waals surface area contributed by atoms with Crippen LogP contribution in [-0.2, 0) is 23.3 Å². The third-order valence-corrected chi connectivity index (χ3v) is 4.55. The van der Waals surface area contributed by atoms with Crippen molar-refractivity contribution in [2.75, 3.05) is 0 Å². The van der Waals surface area contributed by atoms with Crippen LogP contribution in [0.25, 0.3) is 0 Å². The van der Waals surface area contributed by atoms with E-state index in [2.05, 4.69) is 41.0 Å². The number of aromatic nitrogens is 4. The maximum absolute atomic E-state index is 12.5. The van der Waals surface area contributed by atoms with Crippen molar-refractivity contribution in [1.82, 2.24) is 24.9 Å². The molecule has 2 aromatic rings. The van der Waals surface area contributed by atoms with Crippen LogP contribution >= 0.6 is 0 Å². The third kappa shape index (κ3) is 3.23. The van der Waals surface area contributed by atoms with Gasteiger partial charge in [0.15, 0.2) is 0 Å². The molecule has 0 aromatic carbocycles. The minimum atomic E-state index is -0.0385. The average Bonchev–Trinajstić information content (AvgIpc) is 3.03. The average molecular weight is 329 g/mol. The number of fused-ring (bicyclic) bond motifs is 1. The number of aryl methyl sites for hydroxylation is 2. The first-order chi connectivity index (χ1) is 11.3. The molecule has 0 saturated heterocycles. The van der Waals surface area contributed by atoms with Crippen LogP contribution in [0.2, 0.25) is 0 Å².